The second-order valence-electron chi connectivity index (χ2n) is 5.65. The summed E-state index contributed by atoms with van der Waals surface area (Å²) in [5.41, 5.74) is 1.39. The maximum absolute atomic E-state index is 5.69. The van der Waals surface area contributed by atoms with Crippen LogP contribution in [0.1, 0.15) is 45.7 Å². The monoisotopic (exact) mass is 247 g/mol. The summed E-state index contributed by atoms with van der Waals surface area (Å²) in [5.74, 6) is 2.63. The number of benzene rings is 1. The van der Waals surface area contributed by atoms with Crippen LogP contribution in [0.25, 0.3) is 0 Å². The van der Waals surface area contributed by atoms with Gasteiger partial charge in [0.05, 0.1) is 6.10 Å². The fraction of sp³-hybridized carbons (Fsp3) is 0.625. The molecule has 0 bridgehead atoms. The molecule has 2 nitrogen and oxygen atoms in total. The van der Waals surface area contributed by atoms with Gasteiger partial charge >= 0.3 is 0 Å². The van der Waals surface area contributed by atoms with Gasteiger partial charge in [-0.05, 0) is 56.3 Å². The van der Waals surface area contributed by atoms with E-state index in [1.165, 1.54) is 12.0 Å². The first-order valence-corrected chi connectivity index (χ1v) is 7.11. The van der Waals surface area contributed by atoms with Crippen LogP contribution in [0.15, 0.2) is 24.3 Å². The Labute approximate surface area is 111 Å². The molecule has 100 valence electrons. The van der Waals surface area contributed by atoms with E-state index >= 15 is 0 Å². The molecule has 0 aromatic heterocycles. The average Bonchev–Trinajstić information content (AvgIpc) is 3.04. The van der Waals surface area contributed by atoms with E-state index in [1.54, 1.807) is 0 Å². The highest BCUT2D eigenvalue weighted by molar-refractivity contribution is 5.30. The van der Waals surface area contributed by atoms with Crippen LogP contribution >= 0.6 is 0 Å². The first-order valence-electron chi connectivity index (χ1n) is 7.11. The lowest BCUT2D eigenvalue weighted by atomic mass is 10.0. The summed E-state index contributed by atoms with van der Waals surface area (Å²) in [6, 6.07) is 9.10. The summed E-state index contributed by atoms with van der Waals surface area (Å²) in [7, 11) is 0. The molecule has 0 heterocycles. The highest BCUT2D eigenvalue weighted by Crippen LogP contribution is 2.47. The molecule has 1 aromatic carbocycles. The summed E-state index contributed by atoms with van der Waals surface area (Å²) in [6.07, 6.45) is 1.59. The van der Waals surface area contributed by atoms with Crippen molar-refractivity contribution < 1.29 is 4.74 Å². The molecule has 0 saturated heterocycles. The van der Waals surface area contributed by atoms with Crippen LogP contribution in [-0.4, -0.2) is 12.6 Å². The predicted molar refractivity (Wildman–Crippen MR) is 75.9 cm³/mol. The van der Waals surface area contributed by atoms with Crippen LogP contribution in [0.5, 0.6) is 5.75 Å². The average molecular weight is 247 g/mol. The van der Waals surface area contributed by atoms with Crippen LogP contribution in [0.2, 0.25) is 0 Å². The van der Waals surface area contributed by atoms with Gasteiger partial charge in [0.2, 0.25) is 0 Å². The molecule has 1 fully saturated rings. The highest BCUT2D eigenvalue weighted by atomic mass is 16.5. The van der Waals surface area contributed by atoms with Gasteiger partial charge in [0.1, 0.15) is 5.75 Å². The van der Waals surface area contributed by atoms with Crippen LogP contribution in [0.3, 0.4) is 0 Å². The summed E-state index contributed by atoms with van der Waals surface area (Å²) >= 11 is 0. The molecule has 3 unspecified atom stereocenters. The van der Waals surface area contributed by atoms with Crippen molar-refractivity contribution in [3.05, 3.63) is 29.8 Å². The summed E-state index contributed by atoms with van der Waals surface area (Å²) in [4.78, 5) is 0. The number of nitrogens with one attached hydrogen (secondary N) is 1. The molecular weight excluding hydrogens is 222 g/mol. The number of hydrogen-bond acceptors (Lipinski definition) is 2. The molecule has 18 heavy (non-hydrogen) atoms. The van der Waals surface area contributed by atoms with Crippen molar-refractivity contribution in [3.8, 4) is 5.75 Å². The Hall–Kier alpha value is -1.02. The second kappa shape index (κ2) is 5.75. The largest absolute Gasteiger partial charge is 0.491 e. The van der Waals surface area contributed by atoms with E-state index in [4.69, 9.17) is 4.74 Å². The molecule has 3 atom stereocenters. The van der Waals surface area contributed by atoms with Gasteiger partial charge in [0, 0.05) is 6.04 Å². The molecule has 2 rings (SSSR count). The van der Waals surface area contributed by atoms with Crippen LogP contribution < -0.4 is 10.1 Å². The molecule has 0 amide bonds. The van der Waals surface area contributed by atoms with Crippen molar-refractivity contribution in [3.63, 3.8) is 0 Å². The maximum atomic E-state index is 5.69. The second-order valence-corrected chi connectivity index (χ2v) is 5.65. The first-order chi connectivity index (χ1) is 8.61. The van der Waals surface area contributed by atoms with Crippen molar-refractivity contribution in [1.82, 2.24) is 5.32 Å². The van der Waals surface area contributed by atoms with Gasteiger partial charge in [-0.25, -0.2) is 0 Å². The highest BCUT2D eigenvalue weighted by Gasteiger charge is 2.39. The molecule has 1 aliphatic carbocycles. The van der Waals surface area contributed by atoms with Gasteiger partial charge in [-0.15, -0.1) is 0 Å². The van der Waals surface area contributed by atoms with Crippen molar-refractivity contribution in [1.29, 1.82) is 0 Å². The zero-order valence-corrected chi connectivity index (χ0v) is 11.9. The van der Waals surface area contributed by atoms with Crippen LogP contribution in [-0.2, 0) is 0 Å². The number of hydrogen-bond donors (Lipinski definition) is 1. The molecule has 1 aliphatic rings. The molecular formula is C16H25NO. The van der Waals surface area contributed by atoms with E-state index in [2.05, 4.69) is 57.3 Å². The molecule has 0 radical (unpaired) electrons. The molecule has 2 heteroatoms. The van der Waals surface area contributed by atoms with Crippen LogP contribution in [0, 0.1) is 11.8 Å². The minimum Gasteiger partial charge on any atom is -0.491 e. The molecule has 0 aliphatic heterocycles. The van der Waals surface area contributed by atoms with Gasteiger partial charge in [-0.3, -0.25) is 0 Å². The SMILES string of the molecule is CCNC(c1ccc(OC(C)C)cc1)C1CC1C. The zero-order chi connectivity index (χ0) is 13.1. The van der Waals surface area contributed by atoms with Gasteiger partial charge in [-0.1, -0.05) is 26.0 Å². The first kappa shape index (κ1) is 13.4. The van der Waals surface area contributed by atoms with E-state index in [0.717, 1.165) is 24.1 Å². The van der Waals surface area contributed by atoms with Crippen LogP contribution in [0.4, 0.5) is 0 Å². The van der Waals surface area contributed by atoms with Gasteiger partial charge in [-0.2, -0.15) is 0 Å². The number of ether oxygens (including phenoxy) is 1. The van der Waals surface area contributed by atoms with Gasteiger partial charge in [0.25, 0.3) is 0 Å². The molecule has 0 spiro atoms. The van der Waals surface area contributed by atoms with E-state index in [0.29, 0.717) is 6.04 Å². The third-order valence-electron chi connectivity index (χ3n) is 3.63. The normalized spacial score (nSPS) is 24.1. The lowest BCUT2D eigenvalue weighted by molar-refractivity contribution is 0.242. The third kappa shape index (κ3) is 3.26. The fourth-order valence-electron chi connectivity index (χ4n) is 2.58. The van der Waals surface area contributed by atoms with Crippen molar-refractivity contribution in [2.75, 3.05) is 6.54 Å². The van der Waals surface area contributed by atoms with Crippen molar-refractivity contribution >= 4 is 0 Å². The standard InChI is InChI=1S/C16H25NO/c1-5-17-16(15-10-12(15)4)13-6-8-14(9-7-13)18-11(2)3/h6-9,11-12,15-17H,5,10H2,1-4H3. The van der Waals surface area contributed by atoms with Crippen molar-refractivity contribution in [2.24, 2.45) is 11.8 Å². The third-order valence-corrected chi connectivity index (χ3v) is 3.63. The topological polar surface area (TPSA) is 21.3 Å². The molecule has 1 saturated carbocycles. The quantitative estimate of drug-likeness (QED) is 0.826. The smallest absolute Gasteiger partial charge is 0.119 e. The van der Waals surface area contributed by atoms with Gasteiger partial charge < -0.3 is 10.1 Å². The lowest BCUT2D eigenvalue weighted by Crippen LogP contribution is -2.23. The minimum absolute atomic E-state index is 0.240. The zero-order valence-electron chi connectivity index (χ0n) is 11.9. The summed E-state index contributed by atoms with van der Waals surface area (Å²) in [5, 5.41) is 3.61. The Bertz CT molecular complexity index is 371. The maximum Gasteiger partial charge on any atom is 0.119 e. The Kier molecular flexibility index (Phi) is 4.28. The van der Waals surface area contributed by atoms with E-state index in [-0.39, 0.29) is 6.10 Å². The Morgan fingerprint density at radius 2 is 1.89 bits per heavy atom. The van der Waals surface area contributed by atoms with E-state index in [9.17, 15) is 0 Å². The number of rotatable bonds is 6. The fourth-order valence-corrected chi connectivity index (χ4v) is 2.58. The predicted octanol–water partition coefficient (Wildman–Crippen LogP) is 3.78. The Balaban J connectivity index is 2.06. The van der Waals surface area contributed by atoms with Crippen molar-refractivity contribution in [2.45, 2.75) is 46.3 Å². The lowest BCUT2D eigenvalue weighted by Gasteiger charge is -2.19. The van der Waals surface area contributed by atoms with E-state index in [1.807, 2.05) is 0 Å². The minimum atomic E-state index is 0.240. The molecule has 1 aromatic rings. The van der Waals surface area contributed by atoms with E-state index < -0.39 is 0 Å². The van der Waals surface area contributed by atoms with Gasteiger partial charge in [0.15, 0.2) is 0 Å². The summed E-state index contributed by atoms with van der Waals surface area (Å²) < 4.78 is 5.69. The molecule has 1 N–H and O–H groups in total. The summed E-state index contributed by atoms with van der Waals surface area (Å²) in [6.45, 7) is 9.65. The Morgan fingerprint density at radius 1 is 1.28 bits per heavy atom. The Morgan fingerprint density at radius 3 is 2.33 bits per heavy atom.